The Morgan fingerprint density at radius 3 is 2.94 bits per heavy atom. The third-order valence-corrected chi connectivity index (χ3v) is 3.14. The molecule has 1 aliphatic rings. The van der Waals surface area contributed by atoms with Crippen molar-refractivity contribution in [3.63, 3.8) is 0 Å². The van der Waals surface area contributed by atoms with E-state index in [0.29, 0.717) is 23.6 Å². The normalized spacial score (nSPS) is 20.4. The topological polar surface area (TPSA) is 86.7 Å². The van der Waals surface area contributed by atoms with Crippen molar-refractivity contribution in [3.8, 4) is 0 Å². The summed E-state index contributed by atoms with van der Waals surface area (Å²) in [6, 6.07) is -0.984. The summed E-state index contributed by atoms with van der Waals surface area (Å²) in [4.78, 5) is 33.9. The molecule has 1 unspecified atom stereocenters. The summed E-state index contributed by atoms with van der Waals surface area (Å²) < 4.78 is 0. The van der Waals surface area contributed by atoms with Crippen LogP contribution in [0.15, 0.2) is 12.2 Å². The predicted molar refractivity (Wildman–Crippen MR) is 58.8 cm³/mol. The molecular formula is C9H12N2O4S. The standard InChI is InChI=1S/C9H12N2O4S/c1-6-3-16-5-11(8(6)9(14)15)7(13)2-10-4-12/h4,8H,1-3,5H2,(H,10,12)(H,14,15). The highest BCUT2D eigenvalue weighted by atomic mass is 32.2. The Hall–Kier alpha value is -1.50. The summed E-state index contributed by atoms with van der Waals surface area (Å²) in [7, 11) is 0. The van der Waals surface area contributed by atoms with Crippen LogP contribution in [0.3, 0.4) is 0 Å². The number of nitrogens with one attached hydrogen (secondary N) is 1. The molecule has 16 heavy (non-hydrogen) atoms. The number of carboxylic acids is 1. The van der Waals surface area contributed by atoms with Crippen molar-refractivity contribution in [3.05, 3.63) is 12.2 Å². The molecule has 0 aromatic carbocycles. The van der Waals surface area contributed by atoms with Crippen molar-refractivity contribution in [2.24, 2.45) is 0 Å². The van der Waals surface area contributed by atoms with Crippen LogP contribution in [0, 0.1) is 0 Å². The average molecular weight is 244 g/mol. The Balaban J connectivity index is 2.74. The number of carboxylic acid groups (broad SMARTS) is 1. The van der Waals surface area contributed by atoms with Crippen LogP contribution in [-0.4, -0.2) is 52.5 Å². The van der Waals surface area contributed by atoms with Crippen molar-refractivity contribution < 1.29 is 19.5 Å². The fourth-order valence-corrected chi connectivity index (χ4v) is 2.40. The molecule has 6 nitrogen and oxygen atoms in total. The van der Waals surface area contributed by atoms with Gasteiger partial charge in [-0.25, -0.2) is 4.79 Å². The number of carbonyl (C=O) groups excluding carboxylic acids is 2. The van der Waals surface area contributed by atoms with E-state index in [0.717, 1.165) is 0 Å². The molecule has 0 radical (unpaired) electrons. The van der Waals surface area contributed by atoms with Crippen LogP contribution in [0.2, 0.25) is 0 Å². The highest BCUT2D eigenvalue weighted by molar-refractivity contribution is 7.99. The minimum Gasteiger partial charge on any atom is -0.479 e. The summed E-state index contributed by atoms with van der Waals surface area (Å²) in [5.41, 5.74) is 0.489. The molecule has 88 valence electrons. The smallest absolute Gasteiger partial charge is 0.330 e. The maximum absolute atomic E-state index is 11.6. The molecule has 1 heterocycles. The first-order valence-corrected chi connectivity index (χ1v) is 5.68. The zero-order valence-corrected chi connectivity index (χ0v) is 9.33. The molecule has 1 rings (SSSR count). The molecule has 0 spiro atoms. The predicted octanol–water partition coefficient (Wildman–Crippen LogP) is -0.725. The summed E-state index contributed by atoms with van der Waals surface area (Å²) in [5, 5.41) is 11.2. The number of thioether (sulfide) groups is 1. The van der Waals surface area contributed by atoms with E-state index >= 15 is 0 Å². The van der Waals surface area contributed by atoms with Crippen molar-refractivity contribution >= 4 is 30.0 Å². The maximum atomic E-state index is 11.6. The van der Waals surface area contributed by atoms with Gasteiger partial charge in [-0.15, -0.1) is 11.8 Å². The van der Waals surface area contributed by atoms with Crippen LogP contribution in [0.5, 0.6) is 0 Å². The van der Waals surface area contributed by atoms with Crippen LogP contribution in [0.1, 0.15) is 0 Å². The molecule has 1 atom stereocenters. The van der Waals surface area contributed by atoms with Gasteiger partial charge in [0, 0.05) is 5.75 Å². The Morgan fingerprint density at radius 2 is 2.38 bits per heavy atom. The Labute approximate surface area is 96.7 Å². The summed E-state index contributed by atoms with van der Waals surface area (Å²) in [6.07, 6.45) is 0.402. The highest BCUT2D eigenvalue weighted by Gasteiger charge is 2.34. The van der Waals surface area contributed by atoms with Gasteiger partial charge in [0.25, 0.3) is 0 Å². The van der Waals surface area contributed by atoms with Crippen LogP contribution in [0.25, 0.3) is 0 Å². The van der Waals surface area contributed by atoms with Gasteiger partial charge in [-0.1, -0.05) is 6.58 Å². The van der Waals surface area contributed by atoms with Gasteiger partial charge in [-0.2, -0.15) is 0 Å². The molecule has 2 N–H and O–H groups in total. The third-order valence-electron chi connectivity index (χ3n) is 2.11. The Morgan fingerprint density at radius 1 is 1.69 bits per heavy atom. The van der Waals surface area contributed by atoms with Gasteiger partial charge < -0.3 is 15.3 Å². The molecule has 0 aromatic heterocycles. The number of carbonyl (C=O) groups is 3. The first-order valence-electron chi connectivity index (χ1n) is 4.52. The monoisotopic (exact) mass is 244 g/mol. The second-order valence-electron chi connectivity index (χ2n) is 3.24. The molecule has 0 aromatic rings. The van der Waals surface area contributed by atoms with Crippen molar-refractivity contribution in [2.75, 3.05) is 18.2 Å². The molecule has 0 bridgehead atoms. The van der Waals surface area contributed by atoms with E-state index < -0.39 is 17.9 Å². The fraction of sp³-hybridized carbons (Fsp3) is 0.444. The molecule has 0 saturated carbocycles. The second-order valence-corrected chi connectivity index (χ2v) is 4.19. The zero-order valence-electron chi connectivity index (χ0n) is 8.51. The Bertz CT molecular complexity index is 331. The molecular weight excluding hydrogens is 232 g/mol. The fourth-order valence-electron chi connectivity index (χ4n) is 1.40. The Kier molecular flexibility index (Phi) is 4.36. The van der Waals surface area contributed by atoms with E-state index in [-0.39, 0.29) is 6.54 Å². The summed E-state index contributed by atoms with van der Waals surface area (Å²) in [5.74, 6) is -0.686. The van der Waals surface area contributed by atoms with E-state index in [2.05, 4.69) is 11.9 Å². The van der Waals surface area contributed by atoms with Crippen molar-refractivity contribution in [1.82, 2.24) is 10.2 Å². The lowest BCUT2D eigenvalue weighted by molar-refractivity contribution is -0.147. The van der Waals surface area contributed by atoms with Gasteiger partial charge in [0.1, 0.15) is 0 Å². The van der Waals surface area contributed by atoms with E-state index in [4.69, 9.17) is 5.11 Å². The summed E-state index contributed by atoms with van der Waals surface area (Å²) in [6.45, 7) is 3.45. The molecule has 2 amide bonds. The van der Waals surface area contributed by atoms with E-state index in [1.807, 2.05) is 0 Å². The highest BCUT2D eigenvalue weighted by Crippen LogP contribution is 2.23. The van der Waals surface area contributed by atoms with Gasteiger partial charge in [-0.3, -0.25) is 9.59 Å². The minimum absolute atomic E-state index is 0.193. The van der Waals surface area contributed by atoms with Gasteiger partial charge in [0.05, 0.1) is 12.4 Å². The van der Waals surface area contributed by atoms with Crippen LogP contribution >= 0.6 is 11.8 Å². The van der Waals surface area contributed by atoms with Gasteiger partial charge in [-0.05, 0) is 5.57 Å². The number of nitrogens with zero attached hydrogens (tertiary/aromatic N) is 1. The lowest BCUT2D eigenvalue weighted by atomic mass is 10.1. The number of aliphatic carboxylic acids is 1. The lowest BCUT2D eigenvalue weighted by Crippen LogP contribution is -2.51. The third kappa shape index (κ3) is 2.75. The maximum Gasteiger partial charge on any atom is 0.330 e. The molecule has 1 fully saturated rings. The van der Waals surface area contributed by atoms with Gasteiger partial charge in [0.15, 0.2) is 6.04 Å². The van der Waals surface area contributed by atoms with Crippen LogP contribution < -0.4 is 5.32 Å². The quantitative estimate of drug-likeness (QED) is 0.503. The molecule has 1 aliphatic heterocycles. The average Bonchev–Trinajstić information content (AvgIpc) is 2.24. The number of amides is 2. The number of hydrogen-bond acceptors (Lipinski definition) is 4. The van der Waals surface area contributed by atoms with E-state index in [9.17, 15) is 14.4 Å². The van der Waals surface area contributed by atoms with Gasteiger partial charge in [0.2, 0.25) is 12.3 Å². The number of rotatable bonds is 4. The SMILES string of the molecule is C=C1CSCN(C(=O)CNC=O)C1C(=O)O. The largest absolute Gasteiger partial charge is 0.479 e. The van der Waals surface area contributed by atoms with Crippen LogP contribution in [-0.2, 0) is 14.4 Å². The van der Waals surface area contributed by atoms with Gasteiger partial charge >= 0.3 is 5.97 Å². The molecule has 7 heteroatoms. The van der Waals surface area contributed by atoms with Crippen molar-refractivity contribution in [1.29, 1.82) is 0 Å². The van der Waals surface area contributed by atoms with Crippen molar-refractivity contribution in [2.45, 2.75) is 6.04 Å². The lowest BCUT2D eigenvalue weighted by Gasteiger charge is -2.33. The van der Waals surface area contributed by atoms with E-state index in [1.165, 1.54) is 16.7 Å². The first-order chi connectivity index (χ1) is 7.57. The van der Waals surface area contributed by atoms with Crippen LogP contribution in [0.4, 0.5) is 0 Å². The zero-order chi connectivity index (χ0) is 12.1. The van der Waals surface area contributed by atoms with E-state index in [1.54, 1.807) is 0 Å². The summed E-state index contributed by atoms with van der Waals surface area (Å²) >= 11 is 1.42. The molecule has 1 saturated heterocycles. The minimum atomic E-state index is -1.09. The first kappa shape index (κ1) is 12.6. The second kappa shape index (κ2) is 5.55. The molecule has 0 aliphatic carbocycles. The number of hydrogen-bond donors (Lipinski definition) is 2.